The van der Waals surface area contributed by atoms with Crippen molar-refractivity contribution in [2.45, 2.75) is 27.7 Å². The summed E-state index contributed by atoms with van der Waals surface area (Å²) in [7, 11) is 1.27. The highest BCUT2D eigenvalue weighted by Crippen LogP contribution is 2.37. The van der Waals surface area contributed by atoms with Crippen LogP contribution in [0.3, 0.4) is 0 Å². The smallest absolute Gasteiger partial charge is 0.343 e. The number of aryl methyl sites for hydroxylation is 2. The Morgan fingerprint density at radius 2 is 1.65 bits per heavy atom. The molecule has 2 heterocycles. The van der Waals surface area contributed by atoms with Crippen molar-refractivity contribution in [3.63, 3.8) is 0 Å². The Hall–Kier alpha value is -3.28. The molecule has 0 aliphatic carbocycles. The van der Waals surface area contributed by atoms with Crippen molar-refractivity contribution in [2.24, 2.45) is 0 Å². The van der Waals surface area contributed by atoms with E-state index in [0.717, 1.165) is 33.9 Å². The van der Waals surface area contributed by atoms with Crippen LogP contribution >= 0.6 is 23.2 Å². The van der Waals surface area contributed by atoms with Crippen LogP contribution in [0.4, 0.5) is 5.69 Å². The van der Waals surface area contributed by atoms with Crippen LogP contribution in [0.5, 0.6) is 0 Å². The highest BCUT2D eigenvalue weighted by Gasteiger charge is 2.38. The van der Waals surface area contributed by atoms with Gasteiger partial charge in [-0.2, -0.15) is 0 Å². The normalized spacial score (nSPS) is 15.0. The van der Waals surface area contributed by atoms with Gasteiger partial charge in [0.25, 0.3) is 0 Å². The molecule has 0 atom stereocenters. The number of carbonyl (C=O) groups excluding carboxylic acids is 2. The number of ketones is 1. The predicted octanol–water partition coefficient (Wildman–Crippen LogP) is 6.59. The van der Waals surface area contributed by atoms with Crippen LogP contribution in [0, 0.1) is 20.8 Å². The first kappa shape index (κ1) is 23.9. The molecule has 1 aliphatic heterocycles. The minimum absolute atomic E-state index is 0.0287. The Bertz CT molecular complexity index is 1380. The molecule has 0 fully saturated rings. The zero-order chi connectivity index (χ0) is 24.7. The topological polar surface area (TPSA) is 51.5 Å². The van der Waals surface area contributed by atoms with Crippen molar-refractivity contribution < 1.29 is 14.3 Å². The molecule has 0 radical (unpaired) electrons. The summed E-state index contributed by atoms with van der Waals surface area (Å²) >= 11 is 12.7. The minimum atomic E-state index is -0.654. The van der Waals surface area contributed by atoms with Crippen LogP contribution in [0.15, 0.2) is 65.5 Å². The molecule has 5 nitrogen and oxygen atoms in total. The van der Waals surface area contributed by atoms with Gasteiger partial charge in [-0.05, 0) is 75.7 Å². The average molecular weight is 495 g/mol. The summed E-state index contributed by atoms with van der Waals surface area (Å²) < 4.78 is 6.90. The fourth-order valence-corrected chi connectivity index (χ4v) is 4.66. The van der Waals surface area contributed by atoms with E-state index in [-0.39, 0.29) is 11.4 Å². The minimum Gasteiger partial charge on any atom is -0.465 e. The van der Waals surface area contributed by atoms with Gasteiger partial charge in [0.2, 0.25) is 5.78 Å². The number of hydrogen-bond donors (Lipinski definition) is 0. The number of methoxy groups -OCH3 is 1. The van der Waals surface area contributed by atoms with Crippen LogP contribution < -0.4 is 4.90 Å². The summed E-state index contributed by atoms with van der Waals surface area (Å²) in [6, 6.07) is 15.1. The maximum Gasteiger partial charge on any atom is 0.343 e. The summed E-state index contributed by atoms with van der Waals surface area (Å²) in [6.45, 7) is 7.66. The SMILES string of the molecule is COC(=O)C1=C(C)N(c2ccc(C)cc2)C(=Cc2cc(C)n(-c3cc(Cl)ccc3Cl)c2C)C1=O. The Kier molecular flexibility index (Phi) is 6.43. The van der Waals surface area contributed by atoms with Gasteiger partial charge in [-0.15, -0.1) is 0 Å². The third-order valence-corrected chi connectivity index (χ3v) is 6.55. The molecule has 0 saturated carbocycles. The fraction of sp³-hybridized carbons (Fsp3) is 0.185. The molecule has 0 bridgehead atoms. The van der Waals surface area contributed by atoms with Crippen LogP contribution in [-0.4, -0.2) is 23.4 Å². The maximum absolute atomic E-state index is 13.4. The second kappa shape index (κ2) is 9.16. The molecule has 1 aromatic heterocycles. The number of anilines is 1. The van der Waals surface area contributed by atoms with Gasteiger partial charge in [-0.3, -0.25) is 4.79 Å². The van der Waals surface area contributed by atoms with Crippen molar-refractivity contribution in [2.75, 3.05) is 12.0 Å². The second-order valence-corrected chi connectivity index (χ2v) is 9.08. The van der Waals surface area contributed by atoms with Gasteiger partial charge in [0.15, 0.2) is 0 Å². The van der Waals surface area contributed by atoms with Crippen molar-refractivity contribution in [1.29, 1.82) is 0 Å². The molecule has 0 spiro atoms. The molecule has 3 aromatic rings. The number of Topliss-reactive ketones (excluding diaryl/α,β-unsaturated/α-hetero) is 1. The van der Waals surface area contributed by atoms with Gasteiger partial charge >= 0.3 is 5.97 Å². The summed E-state index contributed by atoms with van der Waals surface area (Å²) in [5.41, 5.74) is 6.21. The van der Waals surface area contributed by atoms with Crippen molar-refractivity contribution in [3.05, 3.63) is 98.1 Å². The van der Waals surface area contributed by atoms with Gasteiger partial charge in [0.1, 0.15) is 5.57 Å². The summed E-state index contributed by atoms with van der Waals surface area (Å²) in [5, 5.41) is 1.14. The standard InChI is InChI=1S/C27H24Cl2N2O3/c1-15-6-9-21(10-7-15)31-18(4)25(27(33)34-5)26(32)24(31)13-19-12-16(2)30(17(19)3)23-14-20(28)8-11-22(23)29/h6-14H,1-5H3. The average Bonchev–Trinajstić information content (AvgIpc) is 3.21. The third kappa shape index (κ3) is 4.06. The summed E-state index contributed by atoms with van der Waals surface area (Å²) in [5.74, 6) is -1.03. The molecule has 0 saturated heterocycles. The van der Waals surface area contributed by atoms with E-state index in [0.29, 0.717) is 21.4 Å². The largest absolute Gasteiger partial charge is 0.465 e. The number of hydrogen-bond acceptors (Lipinski definition) is 4. The van der Waals surface area contributed by atoms with E-state index in [1.54, 1.807) is 36.1 Å². The van der Waals surface area contributed by atoms with Crippen LogP contribution in [0.25, 0.3) is 11.8 Å². The fourth-order valence-electron chi connectivity index (χ4n) is 4.29. The molecule has 174 valence electrons. The lowest BCUT2D eigenvalue weighted by Crippen LogP contribution is -2.18. The Morgan fingerprint density at radius 1 is 0.971 bits per heavy atom. The summed E-state index contributed by atoms with van der Waals surface area (Å²) in [4.78, 5) is 27.7. The number of ether oxygens (including phenoxy) is 1. The van der Waals surface area contributed by atoms with Gasteiger partial charge in [-0.1, -0.05) is 40.9 Å². The first-order chi connectivity index (χ1) is 16.1. The van der Waals surface area contributed by atoms with E-state index >= 15 is 0 Å². The monoisotopic (exact) mass is 494 g/mol. The molecule has 7 heteroatoms. The predicted molar refractivity (Wildman–Crippen MR) is 137 cm³/mol. The zero-order valence-corrected chi connectivity index (χ0v) is 21.1. The van der Waals surface area contributed by atoms with Gasteiger partial charge in [0.05, 0.1) is 23.5 Å². The highest BCUT2D eigenvalue weighted by molar-refractivity contribution is 6.34. The molecule has 2 aromatic carbocycles. The van der Waals surface area contributed by atoms with Gasteiger partial charge in [-0.25, -0.2) is 4.79 Å². The molecule has 4 rings (SSSR count). The van der Waals surface area contributed by atoms with Crippen LogP contribution in [0.2, 0.25) is 10.0 Å². The molecule has 0 N–H and O–H groups in total. The zero-order valence-electron chi connectivity index (χ0n) is 19.6. The Balaban J connectivity index is 1.89. The Labute approximate surface area is 208 Å². The lowest BCUT2D eigenvalue weighted by molar-refractivity contribution is -0.137. The number of allylic oxidation sites excluding steroid dienone is 2. The lowest BCUT2D eigenvalue weighted by Gasteiger charge is -2.21. The van der Waals surface area contributed by atoms with E-state index in [9.17, 15) is 9.59 Å². The molecule has 0 amide bonds. The molecular weight excluding hydrogens is 471 g/mol. The third-order valence-electron chi connectivity index (χ3n) is 5.99. The van der Waals surface area contributed by atoms with Crippen molar-refractivity contribution in [3.8, 4) is 5.69 Å². The lowest BCUT2D eigenvalue weighted by atomic mass is 10.1. The van der Waals surface area contributed by atoms with Crippen molar-refractivity contribution >= 4 is 46.7 Å². The quantitative estimate of drug-likeness (QED) is 0.233. The number of benzene rings is 2. The summed E-state index contributed by atoms with van der Waals surface area (Å²) in [6.07, 6.45) is 1.80. The Morgan fingerprint density at radius 3 is 2.29 bits per heavy atom. The molecular formula is C27H24Cl2N2O3. The number of rotatable bonds is 4. The van der Waals surface area contributed by atoms with E-state index in [4.69, 9.17) is 27.9 Å². The van der Waals surface area contributed by atoms with E-state index in [1.165, 1.54) is 7.11 Å². The maximum atomic E-state index is 13.4. The number of nitrogens with zero attached hydrogens (tertiary/aromatic N) is 2. The van der Waals surface area contributed by atoms with Gasteiger partial charge < -0.3 is 14.2 Å². The number of halogens is 2. The van der Waals surface area contributed by atoms with E-state index in [1.807, 2.05) is 55.7 Å². The molecule has 1 aliphatic rings. The van der Waals surface area contributed by atoms with Crippen LogP contribution in [-0.2, 0) is 14.3 Å². The van der Waals surface area contributed by atoms with E-state index in [2.05, 4.69) is 0 Å². The highest BCUT2D eigenvalue weighted by atomic mass is 35.5. The first-order valence-electron chi connectivity index (χ1n) is 10.7. The van der Waals surface area contributed by atoms with Gasteiger partial charge in [0, 0.05) is 27.8 Å². The molecule has 0 unspecified atom stereocenters. The number of esters is 1. The van der Waals surface area contributed by atoms with Crippen molar-refractivity contribution in [1.82, 2.24) is 4.57 Å². The second-order valence-electron chi connectivity index (χ2n) is 8.24. The van der Waals surface area contributed by atoms with E-state index < -0.39 is 5.97 Å². The first-order valence-corrected chi connectivity index (χ1v) is 11.5. The molecule has 34 heavy (non-hydrogen) atoms. The number of aromatic nitrogens is 1. The van der Waals surface area contributed by atoms with Crippen LogP contribution in [0.1, 0.15) is 29.4 Å². The number of carbonyl (C=O) groups is 2.